The zero-order valence-electron chi connectivity index (χ0n) is 13.2. The summed E-state index contributed by atoms with van der Waals surface area (Å²) in [7, 11) is -3.46. The third-order valence-corrected chi connectivity index (χ3v) is 6.54. The molecule has 0 saturated heterocycles. The van der Waals surface area contributed by atoms with Gasteiger partial charge in [0.25, 0.3) is 0 Å². The quantitative estimate of drug-likeness (QED) is 0.699. The molecule has 5 heteroatoms. The first kappa shape index (κ1) is 17.9. The number of allylic oxidation sites excluding steroid dienone is 3. The van der Waals surface area contributed by atoms with E-state index in [2.05, 4.69) is 11.6 Å². The maximum absolute atomic E-state index is 12.6. The standard InChI is InChI=1S/C16H26N2O2S/c1-4-5-9-15-10-8-11-16(3,14(15)2)21(19,20)18-13-7-6-12-17/h8,10-11,14,18H,4-7,9,13H2,1-3H3. The zero-order valence-corrected chi connectivity index (χ0v) is 14.0. The van der Waals surface area contributed by atoms with Crippen molar-refractivity contribution in [3.63, 3.8) is 0 Å². The van der Waals surface area contributed by atoms with Crippen LogP contribution < -0.4 is 4.72 Å². The summed E-state index contributed by atoms with van der Waals surface area (Å²) < 4.78 is 27.0. The van der Waals surface area contributed by atoms with E-state index in [-0.39, 0.29) is 5.92 Å². The maximum Gasteiger partial charge on any atom is 0.221 e. The molecule has 0 aromatic carbocycles. The molecule has 0 spiro atoms. The lowest BCUT2D eigenvalue weighted by Gasteiger charge is -2.36. The second-order valence-electron chi connectivity index (χ2n) is 5.77. The van der Waals surface area contributed by atoms with Gasteiger partial charge in [-0.25, -0.2) is 13.1 Å². The van der Waals surface area contributed by atoms with Crippen LogP contribution in [0.5, 0.6) is 0 Å². The van der Waals surface area contributed by atoms with Crippen molar-refractivity contribution in [2.24, 2.45) is 5.92 Å². The average molecular weight is 310 g/mol. The number of hydrogen-bond acceptors (Lipinski definition) is 3. The van der Waals surface area contributed by atoms with Crippen LogP contribution in [-0.4, -0.2) is 19.7 Å². The second kappa shape index (κ2) is 7.77. The summed E-state index contributed by atoms with van der Waals surface area (Å²) in [5.41, 5.74) is 1.20. The summed E-state index contributed by atoms with van der Waals surface area (Å²) in [4.78, 5) is 0. The van der Waals surface area contributed by atoms with Gasteiger partial charge in [0, 0.05) is 18.9 Å². The fourth-order valence-electron chi connectivity index (χ4n) is 2.55. The van der Waals surface area contributed by atoms with E-state index in [4.69, 9.17) is 5.26 Å². The molecule has 1 aliphatic carbocycles. The van der Waals surface area contributed by atoms with Crippen LogP contribution in [0.25, 0.3) is 0 Å². The van der Waals surface area contributed by atoms with E-state index in [0.29, 0.717) is 19.4 Å². The first-order chi connectivity index (χ1) is 9.89. The van der Waals surface area contributed by atoms with Gasteiger partial charge in [-0.15, -0.1) is 0 Å². The molecule has 1 N–H and O–H groups in total. The Morgan fingerprint density at radius 1 is 1.43 bits per heavy atom. The molecule has 1 rings (SSSR count). The molecule has 4 nitrogen and oxygen atoms in total. The highest BCUT2D eigenvalue weighted by molar-refractivity contribution is 7.91. The topological polar surface area (TPSA) is 70.0 Å². The molecule has 0 radical (unpaired) electrons. The Hall–Kier alpha value is -1.12. The molecule has 118 valence electrons. The van der Waals surface area contributed by atoms with Crippen molar-refractivity contribution >= 4 is 10.0 Å². The fraction of sp³-hybridized carbons (Fsp3) is 0.688. The van der Waals surface area contributed by atoms with Crippen molar-refractivity contribution < 1.29 is 8.42 Å². The van der Waals surface area contributed by atoms with Gasteiger partial charge in [0.05, 0.1) is 6.07 Å². The van der Waals surface area contributed by atoms with Crippen molar-refractivity contribution in [1.82, 2.24) is 4.72 Å². The van der Waals surface area contributed by atoms with Gasteiger partial charge in [0.15, 0.2) is 0 Å². The third kappa shape index (κ3) is 4.18. The van der Waals surface area contributed by atoms with Gasteiger partial charge in [-0.3, -0.25) is 0 Å². The Morgan fingerprint density at radius 3 is 2.76 bits per heavy atom. The largest absolute Gasteiger partial charge is 0.221 e. The van der Waals surface area contributed by atoms with Crippen molar-refractivity contribution in [2.75, 3.05) is 6.54 Å². The highest BCUT2D eigenvalue weighted by Crippen LogP contribution is 2.37. The van der Waals surface area contributed by atoms with Crippen LogP contribution in [0.2, 0.25) is 0 Å². The van der Waals surface area contributed by atoms with Crippen LogP contribution in [0.1, 0.15) is 52.9 Å². The molecular formula is C16H26N2O2S. The monoisotopic (exact) mass is 310 g/mol. The molecule has 0 aromatic rings. The Balaban J connectivity index is 2.82. The Kier molecular flexibility index (Phi) is 6.63. The van der Waals surface area contributed by atoms with E-state index in [9.17, 15) is 8.42 Å². The SMILES string of the molecule is CCCCC1=CC=CC(C)(S(=O)(=O)NCCCC#N)C1C. The van der Waals surface area contributed by atoms with Gasteiger partial charge in [-0.2, -0.15) is 5.26 Å². The first-order valence-corrected chi connectivity index (χ1v) is 9.11. The van der Waals surface area contributed by atoms with E-state index in [1.165, 1.54) is 5.57 Å². The van der Waals surface area contributed by atoms with Crippen molar-refractivity contribution in [1.29, 1.82) is 5.26 Å². The number of hydrogen-bond donors (Lipinski definition) is 1. The molecule has 21 heavy (non-hydrogen) atoms. The third-order valence-electron chi connectivity index (χ3n) is 4.31. The number of nitrogens with zero attached hydrogens (tertiary/aromatic N) is 1. The zero-order chi connectivity index (χ0) is 15.9. The summed E-state index contributed by atoms with van der Waals surface area (Å²) in [6.45, 7) is 6.22. The lowest BCUT2D eigenvalue weighted by Crippen LogP contribution is -2.48. The number of unbranched alkanes of at least 4 members (excludes halogenated alkanes) is 2. The predicted octanol–water partition coefficient (Wildman–Crippen LogP) is 3.29. The fourth-order valence-corrected chi connectivity index (χ4v) is 4.15. The molecule has 0 amide bonds. The Bertz CT molecular complexity index is 543. The molecule has 1 aliphatic rings. The van der Waals surface area contributed by atoms with E-state index in [1.807, 2.05) is 25.1 Å². The highest BCUT2D eigenvalue weighted by Gasteiger charge is 2.43. The van der Waals surface area contributed by atoms with Crippen LogP contribution in [0.15, 0.2) is 23.8 Å². The lowest BCUT2D eigenvalue weighted by atomic mass is 9.82. The lowest BCUT2D eigenvalue weighted by molar-refractivity contribution is 0.476. The minimum Gasteiger partial charge on any atom is -0.214 e. The van der Waals surface area contributed by atoms with Crippen molar-refractivity contribution in [2.45, 2.75) is 57.6 Å². The number of rotatable bonds is 8. The van der Waals surface area contributed by atoms with Crippen molar-refractivity contribution in [3.05, 3.63) is 23.8 Å². The molecule has 0 saturated carbocycles. The minimum absolute atomic E-state index is 0.0393. The maximum atomic E-state index is 12.6. The summed E-state index contributed by atoms with van der Waals surface area (Å²) >= 11 is 0. The number of nitrogens with one attached hydrogen (secondary N) is 1. The highest BCUT2D eigenvalue weighted by atomic mass is 32.2. The predicted molar refractivity (Wildman–Crippen MR) is 86.1 cm³/mol. The molecule has 0 aliphatic heterocycles. The van der Waals surface area contributed by atoms with Crippen LogP contribution in [-0.2, 0) is 10.0 Å². The van der Waals surface area contributed by atoms with E-state index in [0.717, 1.165) is 19.3 Å². The number of sulfonamides is 1. The Labute approximate surface area is 129 Å². The Morgan fingerprint density at radius 2 is 2.14 bits per heavy atom. The molecule has 0 heterocycles. The number of nitriles is 1. The van der Waals surface area contributed by atoms with Crippen LogP contribution >= 0.6 is 0 Å². The van der Waals surface area contributed by atoms with Crippen molar-refractivity contribution in [3.8, 4) is 6.07 Å². The minimum atomic E-state index is -3.46. The summed E-state index contributed by atoms with van der Waals surface area (Å²) in [5.74, 6) is -0.0393. The van der Waals surface area contributed by atoms with Gasteiger partial charge in [-0.05, 0) is 26.2 Å². The molecular weight excluding hydrogens is 284 g/mol. The molecule has 0 bridgehead atoms. The van der Waals surface area contributed by atoms with Gasteiger partial charge in [-0.1, -0.05) is 44.1 Å². The summed E-state index contributed by atoms with van der Waals surface area (Å²) in [6.07, 6.45) is 9.72. The van der Waals surface area contributed by atoms with Gasteiger partial charge in [0.1, 0.15) is 4.75 Å². The molecule has 2 unspecified atom stereocenters. The normalized spacial score (nSPS) is 25.4. The smallest absolute Gasteiger partial charge is 0.214 e. The van der Waals surface area contributed by atoms with Gasteiger partial charge < -0.3 is 0 Å². The van der Waals surface area contributed by atoms with Crippen LogP contribution in [0.4, 0.5) is 0 Å². The van der Waals surface area contributed by atoms with E-state index >= 15 is 0 Å². The molecule has 0 aromatic heterocycles. The van der Waals surface area contributed by atoms with Crippen LogP contribution in [0, 0.1) is 17.2 Å². The summed E-state index contributed by atoms with van der Waals surface area (Å²) in [5, 5.41) is 8.51. The first-order valence-electron chi connectivity index (χ1n) is 7.63. The molecule has 2 atom stereocenters. The summed E-state index contributed by atoms with van der Waals surface area (Å²) in [6, 6.07) is 2.02. The van der Waals surface area contributed by atoms with Gasteiger partial charge in [0.2, 0.25) is 10.0 Å². The average Bonchev–Trinajstić information content (AvgIpc) is 2.45. The van der Waals surface area contributed by atoms with Crippen LogP contribution in [0.3, 0.4) is 0 Å². The van der Waals surface area contributed by atoms with E-state index in [1.54, 1.807) is 13.0 Å². The van der Waals surface area contributed by atoms with Gasteiger partial charge >= 0.3 is 0 Å². The second-order valence-corrected chi connectivity index (χ2v) is 7.94. The molecule has 0 fully saturated rings. The van der Waals surface area contributed by atoms with E-state index < -0.39 is 14.8 Å².